The highest BCUT2D eigenvalue weighted by Gasteiger charge is 2.21. The SMILES string of the molecule is COCc1cccc(C(=O)Nc2nc(C3CCNCC3)nn2C)c1. The molecule has 7 nitrogen and oxygen atoms in total. The number of hydrogen-bond acceptors (Lipinski definition) is 5. The molecule has 0 atom stereocenters. The molecule has 1 amide bonds. The molecule has 0 unspecified atom stereocenters. The minimum atomic E-state index is -0.194. The summed E-state index contributed by atoms with van der Waals surface area (Å²) in [6.07, 6.45) is 2.05. The van der Waals surface area contributed by atoms with E-state index >= 15 is 0 Å². The molecule has 3 rings (SSSR count). The molecule has 1 aromatic heterocycles. The Labute approximate surface area is 141 Å². The third-order valence-electron chi connectivity index (χ3n) is 4.21. The Morgan fingerprint density at radius 3 is 2.96 bits per heavy atom. The van der Waals surface area contributed by atoms with E-state index in [0.717, 1.165) is 37.3 Å². The lowest BCUT2D eigenvalue weighted by atomic mass is 9.98. The number of carbonyl (C=O) groups excluding carboxylic acids is 1. The Bertz CT molecular complexity index is 707. The van der Waals surface area contributed by atoms with Crippen molar-refractivity contribution >= 4 is 11.9 Å². The van der Waals surface area contributed by atoms with E-state index in [9.17, 15) is 4.79 Å². The summed E-state index contributed by atoms with van der Waals surface area (Å²) in [7, 11) is 3.43. The number of aromatic nitrogens is 3. The van der Waals surface area contributed by atoms with Gasteiger partial charge in [0, 0.05) is 25.6 Å². The second-order valence-electron chi connectivity index (χ2n) is 6.03. The van der Waals surface area contributed by atoms with Crippen molar-refractivity contribution in [3.05, 3.63) is 41.2 Å². The fraction of sp³-hybridized carbons (Fsp3) is 0.471. The minimum Gasteiger partial charge on any atom is -0.380 e. The van der Waals surface area contributed by atoms with Crippen LogP contribution in [-0.4, -0.2) is 40.9 Å². The lowest BCUT2D eigenvalue weighted by Gasteiger charge is -2.19. The lowest BCUT2D eigenvalue weighted by molar-refractivity contribution is 0.102. The van der Waals surface area contributed by atoms with Crippen LogP contribution in [0.15, 0.2) is 24.3 Å². The number of amides is 1. The molecule has 0 spiro atoms. The predicted molar refractivity (Wildman–Crippen MR) is 91.0 cm³/mol. The van der Waals surface area contributed by atoms with Gasteiger partial charge in [0.05, 0.1) is 6.61 Å². The van der Waals surface area contributed by atoms with Crippen molar-refractivity contribution in [1.82, 2.24) is 20.1 Å². The molecule has 1 saturated heterocycles. The van der Waals surface area contributed by atoms with Gasteiger partial charge in [-0.15, -0.1) is 0 Å². The monoisotopic (exact) mass is 329 g/mol. The van der Waals surface area contributed by atoms with Gasteiger partial charge in [0.25, 0.3) is 5.91 Å². The van der Waals surface area contributed by atoms with Gasteiger partial charge in [0.1, 0.15) is 0 Å². The molecule has 0 saturated carbocycles. The maximum atomic E-state index is 12.5. The molecule has 128 valence electrons. The van der Waals surface area contributed by atoms with Gasteiger partial charge < -0.3 is 10.1 Å². The van der Waals surface area contributed by atoms with E-state index < -0.39 is 0 Å². The van der Waals surface area contributed by atoms with Crippen molar-refractivity contribution in [3.63, 3.8) is 0 Å². The van der Waals surface area contributed by atoms with Gasteiger partial charge in [-0.25, -0.2) is 4.68 Å². The summed E-state index contributed by atoms with van der Waals surface area (Å²) in [5.74, 6) is 1.45. The third-order valence-corrected chi connectivity index (χ3v) is 4.21. The number of nitrogens with one attached hydrogen (secondary N) is 2. The summed E-state index contributed by atoms with van der Waals surface area (Å²) in [5, 5.41) is 10.7. The highest BCUT2D eigenvalue weighted by Crippen LogP contribution is 2.23. The number of nitrogens with zero attached hydrogens (tertiary/aromatic N) is 3. The topological polar surface area (TPSA) is 81.1 Å². The molecule has 0 radical (unpaired) electrons. The number of hydrogen-bond donors (Lipinski definition) is 2. The van der Waals surface area contributed by atoms with Gasteiger partial charge in [-0.3, -0.25) is 10.1 Å². The number of ether oxygens (including phenoxy) is 1. The first-order valence-corrected chi connectivity index (χ1v) is 8.18. The van der Waals surface area contributed by atoms with Crippen molar-refractivity contribution in [3.8, 4) is 0 Å². The summed E-state index contributed by atoms with van der Waals surface area (Å²) in [5.41, 5.74) is 1.54. The van der Waals surface area contributed by atoms with E-state index in [0.29, 0.717) is 24.0 Å². The second-order valence-corrected chi connectivity index (χ2v) is 6.03. The van der Waals surface area contributed by atoms with Crippen molar-refractivity contribution in [2.24, 2.45) is 7.05 Å². The molecule has 7 heteroatoms. The van der Waals surface area contributed by atoms with Crippen LogP contribution in [0, 0.1) is 0 Å². The fourth-order valence-corrected chi connectivity index (χ4v) is 2.91. The first kappa shape index (κ1) is 16.6. The molecule has 0 aliphatic carbocycles. The second kappa shape index (κ2) is 7.55. The van der Waals surface area contributed by atoms with Crippen molar-refractivity contribution in [2.45, 2.75) is 25.4 Å². The number of methoxy groups -OCH3 is 1. The zero-order valence-electron chi connectivity index (χ0n) is 14.1. The number of rotatable bonds is 5. The van der Waals surface area contributed by atoms with Crippen molar-refractivity contribution in [1.29, 1.82) is 0 Å². The van der Waals surface area contributed by atoms with Crippen molar-refractivity contribution in [2.75, 3.05) is 25.5 Å². The molecule has 0 bridgehead atoms. The average Bonchev–Trinajstić information content (AvgIpc) is 2.97. The zero-order chi connectivity index (χ0) is 16.9. The minimum absolute atomic E-state index is 0.194. The van der Waals surface area contributed by atoms with Crippen LogP contribution < -0.4 is 10.6 Å². The normalized spacial score (nSPS) is 15.4. The number of anilines is 1. The van der Waals surface area contributed by atoms with Gasteiger partial charge in [-0.2, -0.15) is 10.1 Å². The molecular formula is C17H23N5O2. The van der Waals surface area contributed by atoms with Crippen LogP contribution in [0.2, 0.25) is 0 Å². The Kier molecular flexibility index (Phi) is 5.22. The van der Waals surface area contributed by atoms with Crippen LogP contribution in [-0.2, 0) is 18.4 Å². The Morgan fingerprint density at radius 1 is 1.42 bits per heavy atom. The molecule has 1 fully saturated rings. The molecule has 2 heterocycles. The van der Waals surface area contributed by atoms with Gasteiger partial charge in [-0.1, -0.05) is 12.1 Å². The van der Waals surface area contributed by atoms with Crippen LogP contribution in [0.3, 0.4) is 0 Å². The Balaban J connectivity index is 1.72. The quantitative estimate of drug-likeness (QED) is 0.872. The van der Waals surface area contributed by atoms with Gasteiger partial charge >= 0.3 is 0 Å². The van der Waals surface area contributed by atoms with Crippen LogP contribution >= 0.6 is 0 Å². The first-order valence-electron chi connectivity index (χ1n) is 8.18. The highest BCUT2D eigenvalue weighted by atomic mass is 16.5. The summed E-state index contributed by atoms with van der Waals surface area (Å²) < 4.78 is 6.74. The van der Waals surface area contributed by atoms with Gasteiger partial charge in [0.15, 0.2) is 5.82 Å². The van der Waals surface area contributed by atoms with E-state index in [1.54, 1.807) is 24.9 Å². The summed E-state index contributed by atoms with van der Waals surface area (Å²) in [6, 6.07) is 7.37. The maximum Gasteiger partial charge on any atom is 0.258 e. The highest BCUT2D eigenvalue weighted by molar-refractivity contribution is 6.03. The lowest BCUT2D eigenvalue weighted by Crippen LogP contribution is -2.27. The number of piperidine rings is 1. The standard InChI is InChI=1S/C17H23N5O2/c1-22-17(19-15(21-22)13-6-8-18-9-7-13)20-16(23)14-5-3-4-12(10-14)11-24-2/h3-5,10,13,18H,6-9,11H2,1-2H3,(H,19,20,21,23). The molecule has 1 aliphatic rings. The predicted octanol–water partition coefficient (Wildman–Crippen LogP) is 1.68. The van der Waals surface area contributed by atoms with Crippen LogP contribution in [0.1, 0.15) is 40.5 Å². The van der Waals surface area contributed by atoms with Crippen molar-refractivity contribution < 1.29 is 9.53 Å². The number of aryl methyl sites for hydroxylation is 1. The van der Waals surface area contributed by atoms with Crippen LogP contribution in [0.5, 0.6) is 0 Å². The van der Waals surface area contributed by atoms with E-state index in [-0.39, 0.29) is 5.91 Å². The summed E-state index contributed by atoms with van der Waals surface area (Å²) >= 11 is 0. The molecule has 2 N–H and O–H groups in total. The first-order chi connectivity index (χ1) is 11.7. The molecular weight excluding hydrogens is 306 g/mol. The molecule has 24 heavy (non-hydrogen) atoms. The van der Waals surface area contributed by atoms with Gasteiger partial charge in [-0.05, 0) is 43.6 Å². The average molecular weight is 329 g/mol. The fourth-order valence-electron chi connectivity index (χ4n) is 2.91. The summed E-state index contributed by atoms with van der Waals surface area (Å²) in [6.45, 7) is 2.44. The molecule has 1 aromatic carbocycles. The smallest absolute Gasteiger partial charge is 0.258 e. The van der Waals surface area contributed by atoms with Gasteiger partial charge in [0.2, 0.25) is 5.95 Å². The Morgan fingerprint density at radius 2 is 2.21 bits per heavy atom. The third kappa shape index (κ3) is 3.80. The Hall–Kier alpha value is -2.25. The zero-order valence-corrected chi connectivity index (χ0v) is 14.1. The number of benzene rings is 1. The van der Waals surface area contributed by atoms with E-state index in [1.165, 1.54) is 0 Å². The molecule has 1 aliphatic heterocycles. The summed E-state index contributed by atoms with van der Waals surface area (Å²) in [4.78, 5) is 17.0. The maximum absolute atomic E-state index is 12.5. The molecule has 2 aromatic rings. The van der Waals surface area contributed by atoms with E-state index in [4.69, 9.17) is 4.74 Å². The number of carbonyl (C=O) groups is 1. The largest absolute Gasteiger partial charge is 0.380 e. The van der Waals surface area contributed by atoms with E-state index in [2.05, 4.69) is 20.7 Å². The van der Waals surface area contributed by atoms with E-state index in [1.807, 2.05) is 18.2 Å². The van der Waals surface area contributed by atoms with Crippen LogP contribution in [0.4, 0.5) is 5.95 Å². The van der Waals surface area contributed by atoms with Crippen LogP contribution in [0.25, 0.3) is 0 Å².